The van der Waals surface area contributed by atoms with Gasteiger partial charge in [0.1, 0.15) is 6.54 Å². The number of quaternary nitrogens is 1. The van der Waals surface area contributed by atoms with Gasteiger partial charge < -0.3 is 18.8 Å². The number of rotatable bonds is 15. The zero-order valence-electron chi connectivity index (χ0n) is 15.8. The van der Waals surface area contributed by atoms with Crippen LogP contribution in [0.15, 0.2) is 0 Å². The van der Waals surface area contributed by atoms with Gasteiger partial charge in [0, 0.05) is 6.42 Å². The molecule has 0 saturated carbocycles. The number of likely N-dealkylation sites (N-methyl/N-ethyl adjacent to an activating group) is 1. The first kappa shape index (κ1) is 23.7. The molecule has 2 unspecified atom stereocenters. The molecule has 0 aromatic rings. The van der Waals surface area contributed by atoms with Crippen LogP contribution in [0.25, 0.3) is 0 Å². The Morgan fingerprint density at radius 2 is 1.50 bits per heavy atom. The van der Waals surface area contributed by atoms with Crippen LogP contribution in [0.2, 0.25) is 0 Å². The molecule has 0 heterocycles. The van der Waals surface area contributed by atoms with Crippen molar-refractivity contribution < 1.29 is 28.2 Å². The molecular formula is C17H36NO5P. The number of carbonyl (C=O) groups is 1. The Morgan fingerprint density at radius 1 is 1.04 bits per heavy atom. The van der Waals surface area contributed by atoms with Gasteiger partial charge in [-0.1, -0.05) is 58.3 Å². The molecule has 0 aromatic heterocycles. The molecule has 0 fully saturated rings. The number of nitrogens with zero attached hydrogens (tertiary/aromatic N) is 1. The van der Waals surface area contributed by atoms with Crippen molar-refractivity contribution in [3.05, 3.63) is 0 Å². The average molecular weight is 365 g/mol. The molecule has 0 radical (unpaired) electrons. The zero-order valence-corrected chi connectivity index (χ0v) is 16.7. The molecule has 0 aromatic carbocycles. The Bertz CT molecular complexity index is 389. The highest BCUT2D eigenvalue weighted by Crippen LogP contribution is 2.33. The smallest absolute Gasteiger partial charge is 0.266 e. The third-order valence-electron chi connectivity index (χ3n) is 3.86. The number of hydrogen-bond acceptors (Lipinski definition) is 4. The second-order valence-electron chi connectivity index (χ2n) is 7.58. The molecule has 0 saturated heterocycles. The molecule has 0 rings (SSSR count). The molecule has 0 aliphatic carbocycles. The van der Waals surface area contributed by atoms with Crippen molar-refractivity contribution in [2.24, 2.45) is 0 Å². The van der Waals surface area contributed by atoms with Crippen molar-refractivity contribution in [3.8, 4) is 0 Å². The van der Waals surface area contributed by atoms with E-state index in [4.69, 9.17) is 4.89 Å². The summed E-state index contributed by atoms with van der Waals surface area (Å²) in [4.78, 5) is 32.0. The highest BCUT2D eigenvalue weighted by Gasteiger charge is 2.28. The molecule has 0 spiro atoms. The van der Waals surface area contributed by atoms with Crippen molar-refractivity contribution in [3.63, 3.8) is 0 Å². The zero-order chi connectivity index (χ0) is 18.6. The fraction of sp³-hybridized carbons (Fsp3) is 0.941. The molecule has 1 N–H and O–H groups in total. The second kappa shape index (κ2) is 12.2. The van der Waals surface area contributed by atoms with E-state index in [-0.39, 0.29) is 12.3 Å². The lowest BCUT2D eigenvalue weighted by Crippen LogP contribution is -2.45. The Hall–Kier alpha value is -0.260. The van der Waals surface area contributed by atoms with Crippen molar-refractivity contribution in [1.29, 1.82) is 0 Å². The topological polar surface area (TPSA) is 86.7 Å². The minimum absolute atomic E-state index is 0.211. The monoisotopic (exact) mass is 365 g/mol. The van der Waals surface area contributed by atoms with Crippen LogP contribution in [0.1, 0.15) is 71.1 Å². The lowest BCUT2D eigenvalue weighted by Gasteiger charge is -2.30. The van der Waals surface area contributed by atoms with Gasteiger partial charge in [-0.05, 0) is 6.42 Å². The normalized spacial score (nSPS) is 15.9. The Balaban J connectivity index is 4.04. The molecule has 0 amide bonds. The lowest BCUT2D eigenvalue weighted by atomic mass is 10.0. The van der Waals surface area contributed by atoms with Crippen LogP contribution >= 0.6 is 7.82 Å². The minimum Gasteiger partial charge on any atom is -0.756 e. The first-order chi connectivity index (χ1) is 11.0. The lowest BCUT2D eigenvalue weighted by molar-refractivity contribution is -0.872. The summed E-state index contributed by atoms with van der Waals surface area (Å²) >= 11 is 0. The van der Waals surface area contributed by atoms with Gasteiger partial charge in [-0.2, -0.15) is 0 Å². The molecule has 7 heteroatoms. The summed E-state index contributed by atoms with van der Waals surface area (Å²) in [7, 11) is 0.622. The summed E-state index contributed by atoms with van der Waals surface area (Å²) in [6, 6.07) is 0. The van der Waals surface area contributed by atoms with E-state index in [9.17, 15) is 14.3 Å². The van der Waals surface area contributed by atoms with E-state index >= 15 is 0 Å². The number of Topliss-reactive ketones (excluding diaryl/α,β-unsaturated/α-hetero) is 1. The molecule has 24 heavy (non-hydrogen) atoms. The van der Waals surface area contributed by atoms with E-state index in [2.05, 4.69) is 11.4 Å². The molecule has 0 aliphatic rings. The van der Waals surface area contributed by atoms with Crippen molar-refractivity contribution in [2.45, 2.75) is 77.2 Å². The SMILES string of the molecule is CCCCCCCCCCCC(=O)C(C[N+](C)(C)C)OP(=O)([O-])O. The summed E-state index contributed by atoms with van der Waals surface area (Å²) in [6.07, 6.45) is 9.54. The summed E-state index contributed by atoms with van der Waals surface area (Å²) in [6.45, 7) is 2.41. The average Bonchev–Trinajstić information content (AvgIpc) is 2.41. The number of ketones is 1. The third-order valence-corrected chi connectivity index (χ3v) is 4.38. The van der Waals surface area contributed by atoms with Crippen LogP contribution < -0.4 is 4.89 Å². The van der Waals surface area contributed by atoms with E-state index < -0.39 is 13.9 Å². The van der Waals surface area contributed by atoms with E-state index in [1.165, 1.54) is 38.5 Å². The molecular weight excluding hydrogens is 329 g/mol. The van der Waals surface area contributed by atoms with Crippen LogP contribution in [0.4, 0.5) is 0 Å². The van der Waals surface area contributed by atoms with Crippen molar-refractivity contribution in [1.82, 2.24) is 0 Å². The van der Waals surface area contributed by atoms with Crippen LogP contribution in [0, 0.1) is 0 Å². The van der Waals surface area contributed by atoms with Gasteiger partial charge in [0.05, 0.1) is 21.1 Å². The maximum absolute atomic E-state index is 12.2. The predicted octanol–water partition coefficient (Wildman–Crippen LogP) is 3.03. The summed E-state index contributed by atoms with van der Waals surface area (Å²) in [5.74, 6) is -0.254. The number of phosphoric ester groups is 1. The highest BCUT2D eigenvalue weighted by molar-refractivity contribution is 7.44. The molecule has 2 atom stereocenters. The number of unbranched alkanes of at least 4 members (excludes halogenated alkanes) is 8. The van der Waals surface area contributed by atoms with Gasteiger partial charge in [-0.15, -0.1) is 0 Å². The van der Waals surface area contributed by atoms with E-state index in [0.717, 1.165) is 19.3 Å². The van der Waals surface area contributed by atoms with E-state index in [1.54, 1.807) is 0 Å². The van der Waals surface area contributed by atoms with Gasteiger partial charge in [0.2, 0.25) is 0 Å². The quantitative estimate of drug-likeness (QED) is 0.274. The summed E-state index contributed by atoms with van der Waals surface area (Å²) in [5, 5.41) is 0. The molecule has 0 bridgehead atoms. The van der Waals surface area contributed by atoms with Gasteiger partial charge in [0.25, 0.3) is 7.82 Å². The van der Waals surface area contributed by atoms with Gasteiger partial charge >= 0.3 is 0 Å². The van der Waals surface area contributed by atoms with Crippen LogP contribution in [-0.4, -0.2) is 49.0 Å². The fourth-order valence-electron chi connectivity index (χ4n) is 2.62. The fourth-order valence-corrected chi connectivity index (χ4v) is 3.13. The van der Waals surface area contributed by atoms with Crippen LogP contribution in [-0.2, 0) is 13.9 Å². The third kappa shape index (κ3) is 15.3. The molecule has 6 nitrogen and oxygen atoms in total. The predicted molar refractivity (Wildman–Crippen MR) is 94.4 cm³/mol. The first-order valence-corrected chi connectivity index (χ1v) is 10.6. The number of phosphoric acid groups is 1. The van der Waals surface area contributed by atoms with Crippen molar-refractivity contribution in [2.75, 3.05) is 27.7 Å². The standard InChI is InChI=1S/C17H36NO5P/c1-5-6-7-8-9-10-11-12-13-14-16(19)17(15-18(2,3)4)23-24(20,21)22/h17H,5-15H2,1-4H3,(H-,20,21,22). The van der Waals surface area contributed by atoms with Gasteiger partial charge in [-0.25, -0.2) is 0 Å². The highest BCUT2D eigenvalue weighted by atomic mass is 31.2. The Kier molecular flexibility index (Phi) is 12.0. The van der Waals surface area contributed by atoms with E-state index in [0.29, 0.717) is 10.9 Å². The van der Waals surface area contributed by atoms with Gasteiger partial charge in [0.15, 0.2) is 11.9 Å². The summed E-state index contributed by atoms with van der Waals surface area (Å²) in [5.41, 5.74) is 0. The van der Waals surface area contributed by atoms with Crippen molar-refractivity contribution >= 4 is 13.6 Å². The first-order valence-electron chi connectivity index (χ1n) is 9.10. The second-order valence-corrected chi connectivity index (χ2v) is 8.73. The minimum atomic E-state index is -4.91. The van der Waals surface area contributed by atoms with Gasteiger partial charge in [-0.3, -0.25) is 9.36 Å². The van der Waals surface area contributed by atoms with Crippen LogP contribution in [0.5, 0.6) is 0 Å². The van der Waals surface area contributed by atoms with E-state index in [1.807, 2.05) is 21.1 Å². The number of carbonyl (C=O) groups excluding carboxylic acids is 1. The Labute approximate surface area is 147 Å². The Morgan fingerprint density at radius 3 is 1.92 bits per heavy atom. The summed E-state index contributed by atoms with van der Waals surface area (Å²) < 4.78 is 15.9. The largest absolute Gasteiger partial charge is 0.756 e. The molecule has 144 valence electrons. The molecule has 0 aliphatic heterocycles. The maximum Gasteiger partial charge on any atom is 0.266 e. The number of hydrogen-bond donors (Lipinski definition) is 1. The van der Waals surface area contributed by atoms with Crippen LogP contribution in [0.3, 0.4) is 0 Å². The maximum atomic E-state index is 12.2.